The van der Waals surface area contributed by atoms with Crippen LogP contribution in [-0.2, 0) is 14.2 Å². The molecule has 1 aromatic rings. The molecule has 0 aliphatic carbocycles. The van der Waals surface area contributed by atoms with Gasteiger partial charge in [-0.05, 0) is 41.9 Å². The molecule has 0 saturated heterocycles. The molecule has 1 unspecified atom stereocenters. The summed E-state index contributed by atoms with van der Waals surface area (Å²) in [7, 11) is 0. The zero-order chi connectivity index (χ0) is 13.4. The second-order valence-corrected chi connectivity index (χ2v) is 4.30. The number of hydrogen-bond donors (Lipinski definition) is 0. The van der Waals surface area contributed by atoms with Crippen LogP contribution in [0.5, 0.6) is 0 Å². The smallest absolute Gasteiger partial charge is 0.339 e. The number of alkyl halides is 1. The topological polar surface area (TPSA) is 44.8 Å². The quantitative estimate of drug-likeness (QED) is 0.441. The number of ether oxygens (including phenoxy) is 3. The molecular formula is C13H17BrO4. The fourth-order valence-electron chi connectivity index (χ4n) is 1.33. The predicted molar refractivity (Wildman–Crippen MR) is 71.6 cm³/mol. The van der Waals surface area contributed by atoms with Crippen LogP contribution in [0, 0.1) is 0 Å². The molecule has 5 heteroatoms. The van der Waals surface area contributed by atoms with Crippen LogP contribution < -0.4 is 0 Å². The third kappa shape index (κ3) is 4.76. The fourth-order valence-corrected chi connectivity index (χ4v) is 1.80. The molecule has 0 fully saturated rings. The monoisotopic (exact) mass is 316 g/mol. The van der Waals surface area contributed by atoms with E-state index in [-0.39, 0.29) is 0 Å². The van der Waals surface area contributed by atoms with Crippen molar-refractivity contribution in [2.45, 2.75) is 25.2 Å². The summed E-state index contributed by atoms with van der Waals surface area (Å²) >= 11 is 3.25. The van der Waals surface area contributed by atoms with Crippen molar-refractivity contribution in [2.75, 3.05) is 13.2 Å². The van der Waals surface area contributed by atoms with E-state index in [1.807, 2.05) is 19.9 Å². The lowest BCUT2D eigenvalue weighted by Gasteiger charge is -2.22. The number of carbonyl (C=O) groups excluding carboxylic acids is 1. The van der Waals surface area contributed by atoms with Crippen LogP contribution in [-0.4, -0.2) is 30.5 Å². The van der Waals surface area contributed by atoms with Crippen LogP contribution in [0.15, 0.2) is 30.3 Å². The lowest BCUT2D eigenvalue weighted by Crippen LogP contribution is -2.31. The number of esters is 1. The van der Waals surface area contributed by atoms with Gasteiger partial charge in [0.1, 0.15) is 0 Å². The number of rotatable bonds is 7. The Kier molecular flexibility index (Phi) is 6.93. The van der Waals surface area contributed by atoms with Crippen LogP contribution in [0.2, 0.25) is 0 Å². The van der Waals surface area contributed by atoms with E-state index in [9.17, 15) is 4.79 Å². The zero-order valence-corrected chi connectivity index (χ0v) is 12.1. The largest absolute Gasteiger partial charge is 0.442 e. The van der Waals surface area contributed by atoms with E-state index in [4.69, 9.17) is 14.2 Å². The minimum Gasteiger partial charge on any atom is -0.442 e. The second-order valence-electron chi connectivity index (χ2n) is 3.40. The van der Waals surface area contributed by atoms with Gasteiger partial charge in [0.05, 0.1) is 5.56 Å². The molecule has 0 aliphatic rings. The molecule has 1 rings (SSSR count). The van der Waals surface area contributed by atoms with Crippen molar-refractivity contribution in [3.05, 3.63) is 35.9 Å². The number of hydrogen-bond acceptors (Lipinski definition) is 4. The second kappa shape index (κ2) is 8.24. The summed E-state index contributed by atoms with van der Waals surface area (Å²) in [5.41, 5.74) is 0.494. The fraction of sp³-hybridized carbons (Fsp3) is 0.462. The Morgan fingerprint density at radius 2 is 1.72 bits per heavy atom. The Morgan fingerprint density at radius 3 is 2.22 bits per heavy atom. The molecule has 0 radical (unpaired) electrons. The van der Waals surface area contributed by atoms with E-state index >= 15 is 0 Å². The minimum atomic E-state index is -0.634. The third-order valence-corrected chi connectivity index (χ3v) is 2.72. The van der Waals surface area contributed by atoms with Crippen LogP contribution in [0.4, 0.5) is 0 Å². The SMILES string of the molecule is CCOC(OCC)C(Br)OC(=O)c1ccccc1. The van der Waals surface area contributed by atoms with Crippen LogP contribution in [0.1, 0.15) is 24.2 Å². The highest BCUT2D eigenvalue weighted by Gasteiger charge is 2.23. The van der Waals surface area contributed by atoms with Crippen molar-refractivity contribution >= 4 is 21.9 Å². The first-order chi connectivity index (χ1) is 8.69. The van der Waals surface area contributed by atoms with E-state index in [0.29, 0.717) is 18.8 Å². The van der Waals surface area contributed by atoms with Gasteiger partial charge < -0.3 is 14.2 Å². The van der Waals surface area contributed by atoms with Crippen LogP contribution >= 0.6 is 15.9 Å². The Labute approximate surface area is 115 Å². The number of halogens is 1. The lowest BCUT2D eigenvalue weighted by molar-refractivity contribution is -0.166. The highest BCUT2D eigenvalue weighted by atomic mass is 79.9. The molecular weight excluding hydrogens is 300 g/mol. The zero-order valence-electron chi connectivity index (χ0n) is 10.5. The summed E-state index contributed by atoms with van der Waals surface area (Å²) in [5, 5.41) is -0.634. The average Bonchev–Trinajstić information content (AvgIpc) is 2.39. The van der Waals surface area contributed by atoms with Crippen molar-refractivity contribution in [1.82, 2.24) is 0 Å². The van der Waals surface area contributed by atoms with Crippen molar-refractivity contribution in [3.8, 4) is 0 Å². The van der Waals surface area contributed by atoms with Crippen molar-refractivity contribution in [1.29, 1.82) is 0 Å². The Morgan fingerprint density at radius 1 is 1.17 bits per heavy atom. The molecule has 4 nitrogen and oxygen atoms in total. The molecule has 0 heterocycles. The number of benzene rings is 1. The summed E-state index contributed by atoms with van der Waals surface area (Å²) < 4.78 is 15.9. The molecule has 1 atom stereocenters. The Balaban J connectivity index is 2.57. The van der Waals surface area contributed by atoms with E-state index in [2.05, 4.69) is 15.9 Å². The van der Waals surface area contributed by atoms with E-state index in [1.165, 1.54) is 0 Å². The van der Waals surface area contributed by atoms with Crippen LogP contribution in [0.3, 0.4) is 0 Å². The first-order valence-corrected chi connectivity index (χ1v) is 6.73. The average molecular weight is 317 g/mol. The third-order valence-electron chi connectivity index (χ3n) is 2.10. The van der Waals surface area contributed by atoms with Crippen molar-refractivity contribution < 1.29 is 19.0 Å². The molecule has 100 valence electrons. The van der Waals surface area contributed by atoms with Gasteiger partial charge in [0.2, 0.25) is 11.3 Å². The summed E-state index contributed by atoms with van der Waals surface area (Å²) in [6.07, 6.45) is -0.604. The Bertz CT molecular complexity index is 349. The highest BCUT2D eigenvalue weighted by Crippen LogP contribution is 2.15. The molecule has 0 aliphatic heterocycles. The molecule has 0 saturated carbocycles. The molecule has 0 spiro atoms. The lowest BCUT2D eigenvalue weighted by atomic mass is 10.2. The maximum atomic E-state index is 11.8. The van der Waals surface area contributed by atoms with E-state index in [1.54, 1.807) is 24.3 Å². The normalized spacial score (nSPS) is 12.4. The minimum absolute atomic E-state index is 0.415. The van der Waals surface area contributed by atoms with E-state index < -0.39 is 17.3 Å². The van der Waals surface area contributed by atoms with Gasteiger partial charge in [0.15, 0.2) is 0 Å². The van der Waals surface area contributed by atoms with Gasteiger partial charge in [0, 0.05) is 13.2 Å². The van der Waals surface area contributed by atoms with Crippen molar-refractivity contribution in [2.24, 2.45) is 0 Å². The molecule has 0 bridgehead atoms. The summed E-state index contributed by atoms with van der Waals surface area (Å²) in [6.45, 7) is 4.67. The maximum Gasteiger partial charge on any atom is 0.339 e. The summed E-state index contributed by atoms with van der Waals surface area (Å²) in [5.74, 6) is -0.415. The summed E-state index contributed by atoms with van der Waals surface area (Å²) in [4.78, 5) is 11.8. The molecule has 18 heavy (non-hydrogen) atoms. The van der Waals surface area contributed by atoms with Gasteiger partial charge in [-0.15, -0.1) is 0 Å². The highest BCUT2D eigenvalue weighted by molar-refractivity contribution is 9.09. The molecule has 1 aromatic carbocycles. The first-order valence-electron chi connectivity index (χ1n) is 5.82. The first kappa shape index (κ1) is 15.1. The van der Waals surface area contributed by atoms with Crippen LogP contribution in [0.25, 0.3) is 0 Å². The maximum absolute atomic E-state index is 11.8. The van der Waals surface area contributed by atoms with Gasteiger partial charge in [-0.1, -0.05) is 18.2 Å². The molecule has 0 N–H and O–H groups in total. The molecule has 0 amide bonds. The molecule has 0 aromatic heterocycles. The predicted octanol–water partition coefficient (Wildman–Crippen LogP) is 2.96. The van der Waals surface area contributed by atoms with E-state index in [0.717, 1.165) is 0 Å². The van der Waals surface area contributed by atoms with Gasteiger partial charge in [0.25, 0.3) is 0 Å². The van der Waals surface area contributed by atoms with Gasteiger partial charge in [-0.3, -0.25) is 0 Å². The Hall–Kier alpha value is -0.910. The van der Waals surface area contributed by atoms with Crippen molar-refractivity contribution in [3.63, 3.8) is 0 Å². The standard InChI is InChI=1S/C13H17BrO4/c1-3-16-13(17-4-2)11(14)18-12(15)10-8-6-5-7-9-10/h5-9,11,13H,3-4H2,1-2H3. The van der Waals surface area contributed by atoms with Gasteiger partial charge >= 0.3 is 5.97 Å². The number of carbonyl (C=O) groups is 1. The summed E-state index contributed by atoms with van der Waals surface area (Å²) in [6, 6.07) is 8.78. The van der Waals surface area contributed by atoms with Gasteiger partial charge in [-0.25, -0.2) is 4.79 Å². The van der Waals surface area contributed by atoms with Gasteiger partial charge in [-0.2, -0.15) is 0 Å².